The van der Waals surface area contributed by atoms with E-state index in [1.807, 2.05) is 42.3 Å². The Labute approximate surface area is 117 Å². The minimum Gasteiger partial charge on any atom is -0.370 e. The minimum atomic E-state index is -0.0610. The fourth-order valence-corrected chi connectivity index (χ4v) is 2.42. The maximum Gasteiger partial charge on any atom is 0.290 e. The molecule has 2 heterocycles. The van der Waals surface area contributed by atoms with Crippen LogP contribution < -0.4 is 0 Å². The topological polar surface area (TPSA) is 47.4 Å². The molecule has 1 aliphatic heterocycles. The van der Waals surface area contributed by atoms with Gasteiger partial charge in [-0.15, -0.1) is 0 Å². The molecule has 0 saturated carbocycles. The molecule has 1 unspecified atom stereocenters. The number of hydrogen-bond donors (Lipinski definition) is 0. The molecule has 1 saturated heterocycles. The largest absolute Gasteiger partial charge is 0.370 e. The molecule has 0 radical (unpaired) electrons. The van der Waals surface area contributed by atoms with E-state index in [0.29, 0.717) is 25.5 Å². The van der Waals surface area contributed by atoms with E-state index in [4.69, 9.17) is 4.74 Å². The zero-order chi connectivity index (χ0) is 13.9. The second-order valence-corrected chi connectivity index (χ2v) is 4.88. The van der Waals surface area contributed by atoms with Crippen LogP contribution in [0.3, 0.4) is 0 Å². The summed E-state index contributed by atoms with van der Waals surface area (Å²) < 4.78 is 7.52. The Kier molecular flexibility index (Phi) is 3.52. The summed E-state index contributed by atoms with van der Waals surface area (Å²) in [6.07, 6.45) is 3.36. The van der Waals surface area contributed by atoms with Gasteiger partial charge in [-0.2, -0.15) is 0 Å². The Morgan fingerprint density at radius 3 is 2.85 bits per heavy atom. The third-order valence-corrected chi connectivity index (χ3v) is 3.54. The van der Waals surface area contributed by atoms with Crippen molar-refractivity contribution in [3.8, 4) is 0 Å². The highest BCUT2D eigenvalue weighted by Gasteiger charge is 2.27. The van der Waals surface area contributed by atoms with Gasteiger partial charge in [-0.1, -0.05) is 30.3 Å². The van der Waals surface area contributed by atoms with Gasteiger partial charge in [0.25, 0.3) is 5.91 Å². The molecule has 104 valence electrons. The smallest absolute Gasteiger partial charge is 0.290 e. The van der Waals surface area contributed by atoms with E-state index in [1.165, 1.54) is 0 Å². The summed E-state index contributed by atoms with van der Waals surface area (Å²) in [7, 11) is 1.83. The van der Waals surface area contributed by atoms with Crippen LogP contribution in [0.15, 0.2) is 42.7 Å². The second-order valence-electron chi connectivity index (χ2n) is 4.88. The highest BCUT2D eigenvalue weighted by molar-refractivity contribution is 5.90. The number of benzene rings is 1. The van der Waals surface area contributed by atoms with Crippen LogP contribution in [-0.2, 0) is 11.8 Å². The Hall–Kier alpha value is -2.14. The molecule has 3 rings (SSSR count). The average Bonchev–Trinajstić information content (AvgIpc) is 2.94. The maximum atomic E-state index is 12.4. The third-order valence-electron chi connectivity index (χ3n) is 3.54. The van der Waals surface area contributed by atoms with Gasteiger partial charge in [0.2, 0.25) is 0 Å². The lowest BCUT2D eigenvalue weighted by Gasteiger charge is -2.33. The standard InChI is InChI=1S/C15H17N3O2/c1-17-8-7-16-14(17)15(19)18-9-10-20-13(11-18)12-5-3-2-4-6-12/h2-8,13H,9-11H2,1H3. The van der Waals surface area contributed by atoms with Crippen molar-refractivity contribution in [1.29, 1.82) is 0 Å². The number of carbonyl (C=O) groups excluding carboxylic acids is 1. The van der Waals surface area contributed by atoms with Crippen LogP contribution >= 0.6 is 0 Å². The van der Waals surface area contributed by atoms with Gasteiger partial charge in [-0.25, -0.2) is 4.98 Å². The van der Waals surface area contributed by atoms with Gasteiger partial charge in [-0.3, -0.25) is 4.79 Å². The molecule has 1 atom stereocenters. The molecule has 1 fully saturated rings. The summed E-state index contributed by atoms with van der Waals surface area (Å²) in [5.74, 6) is 0.431. The van der Waals surface area contributed by atoms with E-state index in [2.05, 4.69) is 4.98 Å². The molecule has 0 N–H and O–H groups in total. The highest BCUT2D eigenvalue weighted by atomic mass is 16.5. The first-order chi connectivity index (χ1) is 9.75. The highest BCUT2D eigenvalue weighted by Crippen LogP contribution is 2.22. The molecule has 1 aromatic heterocycles. The van der Waals surface area contributed by atoms with Crippen LogP contribution in [0.4, 0.5) is 0 Å². The second kappa shape index (κ2) is 5.46. The molecule has 2 aromatic rings. The molecule has 5 heteroatoms. The summed E-state index contributed by atoms with van der Waals surface area (Å²) in [5, 5.41) is 0. The zero-order valence-electron chi connectivity index (χ0n) is 11.4. The van der Waals surface area contributed by atoms with Crippen molar-refractivity contribution in [2.75, 3.05) is 19.7 Å². The van der Waals surface area contributed by atoms with Crippen LogP contribution in [0.25, 0.3) is 0 Å². The van der Waals surface area contributed by atoms with E-state index in [1.54, 1.807) is 17.0 Å². The zero-order valence-corrected chi connectivity index (χ0v) is 11.4. The normalized spacial score (nSPS) is 19.1. The van der Waals surface area contributed by atoms with Crippen LogP contribution in [0, 0.1) is 0 Å². The molecule has 1 aliphatic rings. The summed E-state index contributed by atoms with van der Waals surface area (Å²) >= 11 is 0. The Balaban J connectivity index is 1.76. The minimum absolute atomic E-state index is 0.0401. The lowest BCUT2D eigenvalue weighted by Crippen LogP contribution is -2.43. The Morgan fingerprint density at radius 2 is 2.15 bits per heavy atom. The number of aryl methyl sites for hydroxylation is 1. The van der Waals surface area contributed by atoms with Crippen molar-refractivity contribution >= 4 is 5.91 Å². The number of rotatable bonds is 2. The van der Waals surface area contributed by atoms with Gasteiger partial charge in [0.05, 0.1) is 13.2 Å². The number of hydrogen-bond acceptors (Lipinski definition) is 3. The quantitative estimate of drug-likeness (QED) is 0.834. The van der Waals surface area contributed by atoms with Gasteiger partial charge in [0, 0.05) is 26.0 Å². The lowest BCUT2D eigenvalue weighted by atomic mass is 10.1. The van der Waals surface area contributed by atoms with Crippen molar-refractivity contribution in [3.63, 3.8) is 0 Å². The molecule has 20 heavy (non-hydrogen) atoms. The van der Waals surface area contributed by atoms with Crippen molar-refractivity contribution in [2.24, 2.45) is 7.05 Å². The van der Waals surface area contributed by atoms with Crippen molar-refractivity contribution in [2.45, 2.75) is 6.10 Å². The molecular formula is C15H17N3O2. The fraction of sp³-hybridized carbons (Fsp3) is 0.333. The maximum absolute atomic E-state index is 12.4. The Morgan fingerprint density at radius 1 is 1.35 bits per heavy atom. The SMILES string of the molecule is Cn1ccnc1C(=O)N1CCOC(c2ccccc2)C1. The number of carbonyl (C=O) groups is 1. The van der Waals surface area contributed by atoms with E-state index in [0.717, 1.165) is 5.56 Å². The average molecular weight is 271 g/mol. The fourth-order valence-electron chi connectivity index (χ4n) is 2.42. The molecule has 5 nitrogen and oxygen atoms in total. The van der Waals surface area contributed by atoms with E-state index >= 15 is 0 Å². The summed E-state index contributed by atoms with van der Waals surface area (Å²) in [6, 6.07) is 10.00. The molecule has 1 amide bonds. The first-order valence-corrected chi connectivity index (χ1v) is 6.69. The first kappa shape index (κ1) is 12.9. The van der Waals surface area contributed by atoms with Gasteiger partial charge in [-0.05, 0) is 5.56 Å². The number of amides is 1. The molecule has 0 aliphatic carbocycles. The molecule has 0 bridgehead atoms. The predicted molar refractivity (Wildman–Crippen MR) is 74.2 cm³/mol. The molecule has 1 aromatic carbocycles. The number of morpholine rings is 1. The number of nitrogens with zero attached hydrogens (tertiary/aromatic N) is 3. The van der Waals surface area contributed by atoms with E-state index < -0.39 is 0 Å². The van der Waals surface area contributed by atoms with Crippen molar-refractivity contribution < 1.29 is 9.53 Å². The van der Waals surface area contributed by atoms with Gasteiger partial charge >= 0.3 is 0 Å². The van der Waals surface area contributed by atoms with Gasteiger partial charge in [0.1, 0.15) is 6.10 Å². The molecular weight excluding hydrogens is 254 g/mol. The van der Waals surface area contributed by atoms with Crippen molar-refractivity contribution in [1.82, 2.24) is 14.5 Å². The van der Waals surface area contributed by atoms with Gasteiger partial charge in [0.15, 0.2) is 5.82 Å². The lowest BCUT2D eigenvalue weighted by molar-refractivity contribution is -0.0233. The molecule has 0 spiro atoms. The number of imidazole rings is 1. The summed E-state index contributed by atoms with van der Waals surface area (Å²) in [6.45, 7) is 1.72. The number of aromatic nitrogens is 2. The number of ether oxygens (including phenoxy) is 1. The van der Waals surface area contributed by atoms with E-state index in [-0.39, 0.29) is 12.0 Å². The first-order valence-electron chi connectivity index (χ1n) is 6.69. The van der Waals surface area contributed by atoms with E-state index in [9.17, 15) is 4.79 Å². The van der Waals surface area contributed by atoms with Crippen LogP contribution in [0.2, 0.25) is 0 Å². The van der Waals surface area contributed by atoms with Crippen LogP contribution in [-0.4, -0.2) is 40.1 Å². The van der Waals surface area contributed by atoms with Crippen molar-refractivity contribution in [3.05, 3.63) is 54.1 Å². The van der Waals surface area contributed by atoms with Crippen LogP contribution in [0.5, 0.6) is 0 Å². The van der Waals surface area contributed by atoms with Crippen LogP contribution in [0.1, 0.15) is 22.3 Å². The third kappa shape index (κ3) is 2.44. The monoisotopic (exact) mass is 271 g/mol. The Bertz CT molecular complexity index is 594. The van der Waals surface area contributed by atoms with Gasteiger partial charge < -0.3 is 14.2 Å². The predicted octanol–water partition coefficient (Wildman–Crippen LogP) is 1.63. The summed E-state index contributed by atoms with van der Waals surface area (Å²) in [5.41, 5.74) is 1.10. The summed E-state index contributed by atoms with van der Waals surface area (Å²) in [4.78, 5) is 18.4.